The molecule has 6 nitrogen and oxygen atoms in total. The Balaban J connectivity index is 1.36. The second-order valence-electron chi connectivity index (χ2n) is 10.5. The minimum absolute atomic E-state index is 0.204. The highest BCUT2D eigenvalue weighted by atomic mass is 32.2. The predicted octanol–water partition coefficient (Wildman–Crippen LogP) is 5.18. The zero-order valence-electron chi connectivity index (χ0n) is 20.8. The van der Waals surface area contributed by atoms with E-state index in [1.165, 1.54) is 0 Å². The SMILES string of the molecule is Cc1ccc(S(=O)(=O)N2CCC[C@@]3(C=Nc4ccccc43)[C@]3(C[C@@H]3C(=O)OCc3ccccc3)C2)cc1. The molecular formula is C30H30N2O4S. The molecule has 3 aromatic rings. The lowest BCUT2D eigenvalue weighted by Crippen LogP contribution is -2.45. The number of hydrogen-bond acceptors (Lipinski definition) is 5. The summed E-state index contributed by atoms with van der Waals surface area (Å²) in [5.41, 5.74) is 2.82. The van der Waals surface area contributed by atoms with Crippen LogP contribution in [0.25, 0.3) is 0 Å². The second kappa shape index (κ2) is 8.92. The minimum atomic E-state index is -3.72. The Morgan fingerprint density at radius 3 is 2.54 bits per heavy atom. The van der Waals surface area contributed by atoms with E-state index < -0.39 is 26.8 Å². The van der Waals surface area contributed by atoms with Gasteiger partial charge in [0.15, 0.2) is 0 Å². The molecule has 0 N–H and O–H groups in total. The number of esters is 1. The van der Waals surface area contributed by atoms with Gasteiger partial charge in [0.1, 0.15) is 6.61 Å². The standard InChI is InChI=1S/C30H30N2O4S/c1-22-12-14-24(15-13-22)37(34,35)32-17-7-16-29(20-31-27-11-6-5-10-25(27)29)30(21-32)18-26(30)28(33)36-19-23-8-3-2-4-9-23/h2-6,8-15,20,26H,7,16-19,21H2,1H3/t26-,29+,30-/m1/s1. The largest absolute Gasteiger partial charge is 0.461 e. The van der Waals surface area contributed by atoms with Crippen molar-refractivity contribution >= 4 is 27.9 Å². The van der Waals surface area contributed by atoms with Crippen molar-refractivity contribution in [2.75, 3.05) is 13.1 Å². The van der Waals surface area contributed by atoms with Gasteiger partial charge in [0.05, 0.1) is 16.5 Å². The average molecular weight is 515 g/mol. The number of carbonyl (C=O) groups is 1. The summed E-state index contributed by atoms with van der Waals surface area (Å²) < 4.78 is 34.9. The molecule has 0 bridgehead atoms. The highest BCUT2D eigenvalue weighted by Gasteiger charge is 2.72. The highest BCUT2D eigenvalue weighted by Crippen LogP contribution is 2.68. The molecule has 2 spiro atoms. The fraction of sp³-hybridized carbons (Fsp3) is 0.333. The van der Waals surface area contributed by atoms with Gasteiger partial charge in [-0.25, -0.2) is 8.42 Å². The summed E-state index contributed by atoms with van der Waals surface area (Å²) >= 11 is 0. The third-order valence-corrected chi connectivity index (χ3v) is 10.2. The van der Waals surface area contributed by atoms with Crippen LogP contribution >= 0.6 is 0 Å². The van der Waals surface area contributed by atoms with E-state index in [0.717, 1.165) is 28.8 Å². The van der Waals surface area contributed by atoms with E-state index >= 15 is 0 Å². The first kappa shape index (κ1) is 24.1. The molecule has 0 amide bonds. The van der Waals surface area contributed by atoms with Gasteiger partial charge in [-0.15, -0.1) is 0 Å². The Kier molecular flexibility index (Phi) is 5.81. The number of hydrogen-bond donors (Lipinski definition) is 0. The summed E-state index contributed by atoms with van der Waals surface area (Å²) in [6, 6.07) is 24.6. The van der Waals surface area contributed by atoms with Crippen molar-refractivity contribution in [3.63, 3.8) is 0 Å². The Bertz CT molecular complexity index is 1470. The van der Waals surface area contributed by atoms with E-state index in [1.54, 1.807) is 16.4 Å². The smallest absolute Gasteiger partial charge is 0.309 e. The number of aryl methyl sites for hydroxylation is 1. The van der Waals surface area contributed by atoms with Gasteiger partial charge in [0.2, 0.25) is 10.0 Å². The molecule has 6 rings (SSSR count). The van der Waals surface area contributed by atoms with Gasteiger partial charge in [0, 0.05) is 30.1 Å². The Labute approximate surface area is 218 Å². The van der Waals surface area contributed by atoms with E-state index in [-0.39, 0.29) is 24.0 Å². The zero-order valence-corrected chi connectivity index (χ0v) is 21.7. The number of nitrogens with zero attached hydrogens (tertiary/aromatic N) is 2. The summed E-state index contributed by atoms with van der Waals surface area (Å²) in [4.78, 5) is 18.5. The van der Waals surface area contributed by atoms with Crippen LogP contribution in [0, 0.1) is 18.3 Å². The van der Waals surface area contributed by atoms with Gasteiger partial charge in [-0.2, -0.15) is 4.31 Å². The molecule has 1 saturated carbocycles. The summed E-state index contributed by atoms with van der Waals surface area (Å²) in [5.74, 6) is -0.668. The van der Waals surface area contributed by atoms with Crippen LogP contribution in [0.4, 0.5) is 5.69 Å². The van der Waals surface area contributed by atoms with Crippen LogP contribution in [0.1, 0.15) is 36.0 Å². The van der Waals surface area contributed by atoms with Crippen LogP contribution < -0.4 is 0 Å². The number of aliphatic imine (C=N–C) groups is 1. The van der Waals surface area contributed by atoms with Crippen LogP contribution in [0.3, 0.4) is 0 Å². The van der Waals surface area contributed by atoms with Crippen LogP contribution in [-0.2, 0) is 31.6 Å². The van der Waals surface area contributed by atoms with Crippen molar-refractivity contribution in [2.24, 2.45) is 16.3 Å². The zero-order chi connectivity index (χ0) is 25.7. The van der Waals surface area contributed by atoms with E-state index in [0.29, 0.717) is 19.4 Å². The van der Waals surface area contributed by atoms with Gasteiger partial charge in [-0.1, -0.05) is 66.2 Å². The maximum atomic E-state index is 13.8. The molecule has 0 aromatic heterocycles. The third-order valence-electron chi connectivity index (χ3n) is 8.38. The average Bonchev–Trinajstić information content (AvgIpc) is 3.58. The lowest BCUT2D eigenvalue weighted by atomic mass is 9.66. The predicted molar refractivity (Wildman–Crippen MR) is 142 cm³/mol. The monoisotopic (exact) mass is 514 g/mol. The summed E-state index contributed by atoms with van der Waals surface area (Å²) in [6.45, 7) is 2.80. The first-order valence-electron chi connectivity index (χ1n) is 12.8. The van der Waals surface area contributed by atoms with Gasteiger partial charge in [-0.3, -0.25) is 9.79 Å². The Morgan fingerprint density at radius 2 is 1.76 bits per heavy atom. The maximum Gasteiger partial charge on any atom is 0.309 e. The van der Waals surface area contributed by atoms with E-state index in [1.807, 2.05) is 73.8 Å². The first-order valence-corrected chi connectivity index (χ1v) is 14.2. The van der Waals surface area contributed by atoms with Crippen molar-refractivity contribution in [1.82, 2.24) is 4.31 Å². The third kappa shape index (κ3) is 3.92. The highest BCUT2D eigenvalue weighted by molar-refractivity contribution is 7.89. The van der Waals surface area contributed by atoms with Crippen LogP contribution in [0.5, 0.6) is 0 Å². The van der Waals surface area contributed by atoms with Gasteiger partial charge >= 0.3 is 5.97 Å². The molecule has 1 saturated heterocycles. The minimum Gasteiger partial charge on any atom is -0.461 e. The maximum absolute atomic E-state index is 13.8. The Morgan fingerprint density at radius 1 is 1.03 bits per heavy atom. The van der Waals surface area contributed by atoms with Crippen LogP contribution in [-0.4, -0.2) is 38.0 Å². The molecule has 0 unspecified atom stereocenters. The summed E-state index contributed by atoms with van der Waals surface area (Å²) in [6.07, 6.45) is 3.97. The van der Waals surface area contributed by atoms with E-state index in [4.69, 9.17) is 9.73 Å². The normalized spacial score (nSPS) is 26.7. The van der Waals surface area contributed by atoms with Crippen molar-refractivity contribution < 1.29 is 17.9 Å². The van der Waals surface area contributed by atoms with Crippen LogP contribution in [0.15, 0.2) is 88.8 Å². The number of carbonyl (C=O) groups excluding carboxylic acids is 1. The molecule has 7 heteroatoms. The van der Waals surface area contributed by atoms with Crippen LogP contribution in [0.2, 0.25) is 0 Å². The number of ether oxygens (including phenoxy) is 1. The lowest BCUT2D eigenvalue weighted by molar-refractivity contribution is -0.147. The molecule has 37 heavy (non-hydrogen) atoms. The molecule has 3 atom stereocenters. The van der Waals surface area contributed by atoms with Gasteiger partial charge in [-0.05, 0) is 55.5 Å². The van der Waals surface area contributed by atoms with E-state index in [2.05, 4.69) is 6.07 Å². The van der Waals surface area contributed by atoms with Crippen molar-refractivity contribution in [3.8, 4) is 0 Å². The van der Waals surface area contributed by atoms with Gasteiger partial charge < -0.3 is 4.74 Å². The molecule has 2 fully saturated rings. The fourth-order valence-electron chi connectivity index (χ4n) is 6.30. The summed E-state index contributed by atoms with van der Waals surface area (Å²) in [7, 11) is -3.72. The molecule has 2 aliphatic heterocycles. The number of rotatable bonds is 5. The first-order chi connectivity index (χ1) is 17.9. The van der Waals surface area contributed by atoms with Gasteiger partial charge in [0.25, 0.3) is 0 Å². The van der Waals surface area contributed by atoms with E-state index in [9.17, 15) is 13.2 Å². The summed E-state index contributed by atoms with van der Waals surface area (Å²) in [5, 5.41) is 0. The molecule has 2 heterocycles. The molecule has 190 valence electrons. The number of fused-ring (bicyclic) bond motifs is 3. The lowest BCUT2D eigenvalue weighted by Gasteiger charge is -2.37. The number of benzene rings is 3. The number of sulfonamides is 1. The molecule has 3 aromatic carbocycles. The second-order valence-corrected chi connectivity index (χ2v) is 12.4. The molecule has 3 aliphatic rings. The van der Waals surface area contributed by atoms with Crippen molar-refractivity contribution in [3.05, 3.63) is 95.6 Å². The molecular weight excluding hydrogens is 484 g/mol. The quantitative estimate of drug-likeness (QED) is 0.440. The molecule has 1 aliphatic carbocycles. The fourth-order valence-corrected chi connectivity index (χ4v) is 7.85. The van der Waals surface area contributed by atoms with Crippen molar-refractivity contribution in [1.29, 1.82) is 0 Å². The Hall–Kier alpha value is -3.29. The molecule has 0 radical (unpaired) electrons. The number of para-hydroxylation sites is 1. The topological polar surface area (TPSA) is 76.0 Å². The van der Waals surface area contributed by atoms with Crippen molar-refractivity contribution in [2.45, 2.75) is 43.1 Å².